The summed E-state index contributed by atoms with van der Waals surface area (Å²) in [5.41, 5.74) is -0.833. The van der Waals surface area contributed by atoms with Crippen molar-refractivity contribution < 1.29 is 14.7 Å². The molecule has 1 N–H and O–H groups in total. The lowest BCUT2D eigenvalue weighted by molar-refractivity contribution is -0.148. The van der Waals surface area contributed by atoms with Gasteiger partial charge in [0.05, 0.1) is 6.33 Å². The summed E-state index contributed by atoms with van der Waals surface area (Å²) in [4.78, 5) is 53.8. The van der Waals surface area contributed by atoms with Crippen molar-refractivity contribution >= 4 is 23.0 Å². The molecule has 1 saturated heterocycles. The van der Waals surface area contributed by atoms with Crippen LogP contribution in [-0.2, 0) is 30.2 Å². The van der Waals surface area contributed by atoms with Crippen molar-refractivity contribution in [2.45, 2.75) is 25.4 Å². The molecule has 1 aliphatic rings. The molecule has 1 atom stereocenters. The molecule has 2 aromatic rings. The van der Waals surface area contributed by atoms with Crippen molar-refractivity contribution in [3.8, 4) is 0 Å². The second kappa shape index (κ2) is 5.62. The Morgan fingerprint density at radius 2 is 2.04 bits per heavy atom. The van der Waals surface area contributed by atoms with Crippen LogP contribution < -0.4 is 11.2 Å². The van der Waals surface area contributed by atoms with Gasteiger partial charge in [0.1, 0.15) is 12.6 Å². The summed E-state index contributed by atoms with van der Waals surface area (Å²) in [6.45, 7) is -0.185. The van der Waals surface area contributed by atoms with Crippen molar-refractivity contribution in [1.29, 1.82) is 0 Å². The number of imidazole rings is 1. The summed E-state index contributed by atoms with van der Waals surface area (Å²) in [5, 5.41) is 9.16. The van der Waals surface area contributed by atoms with E-state index in [2.05, 4.69) is 4.98 Å². The van der Waals surface area contributed by atoms with Crippen LogP contribution in [0.25, 0.3) is 11.2 Å². The third kappa shape index (κ3) is 2.30. The molecule has 0 aliphatic carbocycles. The van der Waals surface area contributed by atoms with Crippen LogP contribution in [0.3, 0.4) is 0 Å². The first-order chi connectivity index (χ1) is 11.3. The number of carbonyl (C=O) groups is 2. The standard InChI is InChI=1S/C14H17N5O5/c1-16-7-15-11-10(16)12(21)19(14(24)17(11)2)6-9(20)18-5-3-4-8(18)13(22)23/h7-8H,3-6H2,1-2H3,(H,22,23)/t8-/m0/s1. The van der Waals surface area contributed by atoms with E-state index in [1.807, 2.05) is 0 Å². The lowest BCUT2D eigenvalue weighted by atomic mass is 10.2. The van der Waals surface area contributed by atoms with Gasteiger partial charge in [-0.05, 0) is 12.8 Å². The smallest absolute Gasteiger partial charge is 0.332 e. The number of carboxylic acid groups (broad SMARTS) is 1. The van der Waals surface area contributed by atoms with Gasteiger partial charge in [0.15, 0.2) is 11.2 Å². The van der Waals surface area contributed by atoms with Crippen molar-refractivity contribution in [1.82, 2.24) is 23.6 Å². The maximum Gasteiger partial charge on any atom is 0.332 e. The highest BCUT2D eigenvalue weighted by Crippen LogP contribution is 2.17. The van der Waals surface area contributed by atoms with Gasteiger partial charge in [-0.2, -0.15) is 0 Å². The molecule has 2 aromatic heterocycles. The van der Waals surface area contributed by atoms with Crippen molar-refractivity contribution in [3.63, 3.8) is 0 Å². The number of aliphatic carboxylic acids is 1. The third-order valence-corrected chi connectivity index (χ3v) is 4.35. The molecule has 24 heavy (non-hydrogen) atoms. The van der Waals surface area contributed by atoms with E-state index in [0.29, 0.717) is 19.4 Å². The molecule has 10 nitrogen and oxygen atoms in total. The fraction of sp³-hybridized carbons (Fsp3) is 0.500. The van der Waals surface area contributed by atoms with Gasteiger partial charge < -0.3 is 14.6 Å². The fourth-order valence-corrected chi connectivity index (χ4v) is 3.08. The molecule has 0 unspecified atom stereocenters. The van der Waals surface area contributed by atoms with E-state index in [4.69, 9.17) is 5.11 Å². The predicted octanol–water partition coefficient (Wildman–Crippen LogP) is -1.49. The normalized spacial score (nSPS) is 17.6. The quantitative estimate of drug-likeness (QED) is 0.730. The van der Waals surface area contributed by atoms with Crippen molar-refractivity contribution in [2.24, 2.45) is 14.1 Å². The number of aromatic nitrogens is 4. The zero-order valence-electron chi connectivity index (χ0n) is 13.3. The molecule has 10 heteroatoms. The third-order valence-electron chi connectivity index (χ3n) is 4.35. The Morgan fingerprint density at radius 3 is 2.71 bits per heavy atom. The molecule has 1 aliphatic heterocycles. The van der Waals surface area contributed by atoms with Gasteiger partial charge in [-0.1, -0.05) is 0 Å². The number of hydrogen-bond acceptors (Lipinski definition) is 5. The summed E-state index contributed by atoms with van der Waals surface area (Å²) in [6, 6.07) is -0.905. The van der Waals surface area contributed by atoms with Crippen LogP contribution in [0.4, 0.5) is 0 Å². The number of hydrogen-bond donors (Lipinski definition) is 1. The molecule has 1 amide bonds. The van der Waals surface area contributed by atoms with Gasteiger partial charge in [-0.3, -0.25) is 14.2 Å². The fourth-order valence-electron chi connectivity index (χ4n) is 3.08. The van der Waals surface area contributed by atoms with Gasteiger partial charge in [-0.25, -0.2) is 19.1 Å². The summed E-state index contributed by atoms with van der Waals surface area (Å²) in [6.07, 6.45) is 2.36. The number of fused-ring (bicyclic) bond motifs is 1. The molecule has 3 rings (SSSR count). The van der Waals surface area contributed by atoms with Gasteiger partial charge in [0.2, 0.25) is 5.91 Å². The maximum atomic E-state index is 12.6. The van der Waals surface area contributed by atoms with Crippen molar-refractivity contribution in [2.75, 3.05) is 6.54 Å². The van der Waals surface area contributed by atoms with E-state index >= 15 is 0 Å². The Balaban J connectivity index is 2.03. The predicted molar refractivity (Wildman–Crippen MR) is 82.6 cm³/mol. The zero-order chi connectivity index (χ0) is 17.6. The van der Waals surface area contributed by atoms with Crippen LogP contribution in [0.5, 0.6) is 0 Å². The average Bonchev–Trinajstić information content (AvgIpc) is 3.16. The van der Waals surface area contributed by atoms with Crippen LogP contribution in [0.1, 0.15) is 12.8 Å². The summed E-state index contributed by atoms with van der Waals surface area (Å²) in [7, 11) is 3.09. The van der Waals surface area contributed by atoms with Gasteiger partial charge in [0.25, 0.3) is 5.56 Å². The van der Waals surface area contributed by atoms with Crippen LogP contribution in [0, 0.1) is 0 Å². The van der Waals surface area contributed by atoms with Crippen LogP contribution in [-0.4, -0.2) is 53.2 Å². The molecule has 0 radical (unpaired) electrons. The number of likely N-dealkylation sites (tertiary alicyclic amines) is 1. The topological polar surface area (TPSA) is 119 Å². The van der Waals surface area contributed by atoms with E-state index in [0.717, 1.165) is 4.57 Å². The number of rotatable bonds is 3. The Morgan fingerprint density at radius 1 is 1.33 bits per heavy atom. The van der Waals surface area contributed by atoms with E-state index < -0.39 is 35.7 Å². The SMILES string of the molecule is Cn1cnc2c1c(=O)n(CC(=O)N1CCC[C@H]1C(=O)O)c(=O)n2C. The highest BCUT2D eigenvalue weighted by atomic mass is 16.4. The lowest BCUT2D eigenvalue weighted by Gasteiger charge is -2.21. The van der Waals surface area contributed by atoms with E-state index in [9.17, 15) is 19.2 Å². The number of carbonyl (C=O) groups excluding carboxylic acids is 1. The van der Waals surface area contributed by atoms with Gasteiger partial charge in [0, 0.05) is 20.6 Å². The van der Waals surface area contributed by atoms with Crippen LogP contribution >= 0.6 is 0 Å². The number of carboxylic acids is 1. The Hall–Kier alpha value is -2.91. The Labute approximate surface area is 135 Å². The summed E-state index contributed by atoms with van der Waals surface area (Å²) >= 11 is 0. The maximum absolute atomic E-state index is 12.6. The molecule has 128 valence electrons. The van der Waals surface area contributed by atoms with E-state index in [1.165, 1.54) is 27.4 Å². The molecule has 0 spiro atoms. The first-order valence-corrected chi connectivity index (χ1v) is 7.46. The van der Waals surface area contributed by atoms with Gasteiger partial charge >= 0.3 is 11.7 Å². The lowest BCUT2D eigenvalue weighted by Crippen LogP contribution is -2.47. The monoisotopic (exact) mass is 335 g/mol. The first kappa shape index (κ1) is 16.0. The summed E-state index contributed by atoms with van der Waals surface area (Å²) < 4.78 is 3.50. The molecule has 0 aromatic carbocycles. The minimum Gasteiger partial charge on any atom is -0.480 e. The summed E-state index contributed by atoms with van der Waals surface area (Å²) in [5.74, 6) is -1.64. The minimum atomic E-state index is -1.08. The molecular weight excluding hydrogens is 318 g/mol. The Kier molecular flexibility index (Phi) is 3.74. The van der Waals surface area contributed by atoms with Crippen molar-refractivity contribution in [3.05, 3.63) is 27.2 Å². The second-order valence-corrected chi connectivity index (χ2v) is 5.84. The molecule has 0 bridgehead atoms. The minimum absolute atomic E-state index is 0.209. The Bertz CT molecular complexity index is 953. The molecule has 0 saturated carbocycles. The number of nitrogens with zero attached hydrogens (tertiary/aromatic N) is 5. The first-order valence-electron chi connectivity index (χ1n) is 7.46. The molecule has 1 fully saturated rings. The highest BCUT2D eigenvalue weighted by Gasteiger charge is 2.34. The largest absolute Gasteiger partial charge is 0.480 e. The number of amides is 1. The van der Waals surface area contributed by atoms with Gasteiger partial charge in [-0.15, -0.1) is 0 Å². The highest BCUT2D eigenvalue weighted by molar-refractivity contribution is 5.84. The van der Waals surface area contributed by atoms with Crippen LogP contribution in [0.2, 0.25) is 0 Å². The van der Waals surface area contributed by atoms with Crippen LogP contribution in [0.15, 0.2) is 15.9 Å². The van der Waals surface area contributed by atoms with E-state index in [1.54, 1.807) is 7.05 Å². The zero-order valence-corrected chi connectivity index (χ0v) is 13.3. The average molecular weight is 335 g/mol. The second-order valence-electron chi connectivity index (χ2n) is 5.84. The van der Waals surface area contributed by atoms with E-state index in [-0.39, 0.29) is 11.2 Å². The molecular formula is C14H17N5O5. The molecule has 3 heterocycles. The number of aryl methyl sites for hydroxylation is 2.